The fourth-order valence-electron chi connectivity index (χ4n) is 1.21. The Hall–Kier alpha value is -0.220. The van der Waals surface area contributed by atoms with Crippen molar-refractivity contribution in [2.24, 2.45) is 0 Å². The first kappa shape index (κ1) is 13.8. The first-order valence-corrected chi connectivity index (χ1v) is 5.31. The lowest BCUT2D eigenvalue weighted by atomic mass is 10.2. The highest BCUT2D eigenvalue weighted by atomic mass is 19.3. The molecule has 0 saturated carbocycles. The third-order valence-electron chi connectivity index (χ3n) is 1.87. The molecule has 86 valence electrons. The SMILES string of the molecule is CCCNCC(CCC)OCC(F)F. The van der Waals surface area contributed by atoms with Gasteiger partial charge in [0.1, 0.15) is 6.61 Å². The van der Waals surface area contributed by atoms with E-state index in [0.29, 0.717) is 6.54 Å². The van der Waals surface area contributed by atoms with Crippen LogP contribution in [0.3, 0.4) is 0 Å². The number of nitrogens with one attached hydrogen (secondary N) is 1. The summed E-state index contributed by atoms with van der Waals surface area (Å²) in [6.07, 6.45) is 0.417. The summed E-state index contributed by atoms with van der Waals surface area (Å²) in [6.45, 7) is 5.24. The van der Waals surface area contributed by atoms with E-state index in [-0.39, 0.29) is 6.10 Å². The second-order valence-electron chi connectivity index (χ2n) is 3.34. The zero-order valence-electron chi connectivity index (χ0n) is 9.06. The molecule has 0 aliphatic heterocycles. The van der Waals surface area contributed by atoms with Crippen LogP contribution in [0.1, 0.15) is 33.1 Å². The Kier molecular flexibility index (Phi) is 9.19. The molecule has 0 aromatic carbocycles. The Morgan fingerprint density at radius 1 is 1.21 bits per heavy atom. The van der Waals surface area contributed by atoms with Crippen LogP contribution in [0.25, 0.3) is 0 Å². The molecular formula is C10H21F2NO. The molecule has 1 unspecified atom stereocenters. The van der Waals surface area contributed by atoms with Gasteiger partial charge in [0, 0.05) is 6.54 Å². The molecule has 0 aliphatic rings. The number of rotatable bonds is 9. The second kappa shape index (κ2) is 9.34. The van der Waals surface area contributed by atoms with Crippen LogP contribution in [0, 0.1) is 0 Å². The van der Waals surface area contributed by atoms with Gasteiger partial charge in [-0.15, -0.1) is 0 Å². The van der Waals surface area contributed by atoms with Gasteiger partial charge in [0.2, 0.25) is 0 Å². The minimum Gasteiger partial charge on any atom is -0.371 e. The number of halogens is 2. The van der Waals surface area contributed by atoms with E-state index in [1.54, 1.807) is 0 Å². The largest absolute Gasteiger partial charge is 0.371 e. The molecule has 0 heterocycles. The zero-order valence-corrected chi connectivity index (χ0v) is 9.06. The lowest BCUT2D eigenvalue weighted by molar-refractivity contribution is -0.0262. The molecule has 4 heteroatoms. The van der Waals surface area contributed by atoms with Crippen LogP contribution in [0.2, 0.25) is 0 Å². The van der Waals surface area contributed by atoms with Crippen LogP contribution >= 0.6 is 0 Å². The lowest BCUT2D eigenvalue weighted by Crippen LogP contribution is -2.30. The molecule has 0 aromatic heterocycles. The minimum absolute atomic E-state index is 0.0689. The summed E-state index contributed by atoms with van der Waals surface area (Å²) in [4.78, 5) is 0. The quantitative estimate of drug-likeness (QED) is 0.589. The van der Waals surface area contributed by atoms with Crippen molar-refractivity contribution < 1.29 is 13.5 Å². The molecule has 0 fully saturated rings. The third kappa shape index (κ3) is 8.38. The van der Waals surface area contributed by atoms with Gasteiger partial charge >= 0.3 is 0 Å². The lowest BCUT2D eigenvalue weighted by Gasteiger charge is -2.17. The molecule has 14 heavy (non-hydrogen) atoms. The monoisotopic (exact) mass is 209 g/mol. The first-order chi connectivity index (χ1) is 6.70. The smallest absolute Gasteiger partial charge is 0.261 e. The summed E-state index contributed by atoms with van der Waals surface area (Å²) in [5, 5.41) is 3.17. The van der Waals surface area contributed by atoms with Crippen molar-refractivity contribution >= 4 is 0 Å². The van der Waals surface area contributed by atoms with E-state index in [0.717, 1.165) is 25.8 Å². The zero-order chi connectivity index (χ0) is 10.8. The Labute approximate surface area is 85.0 Å². The van der Waals surface area contributed by atoms with Gasteiger partial charge in [-0.3, -0.25) is 0 Å². The van der Waals surface area contributed by atoms with Crippen molar-refractivity contribution in [3.05, 3.63) is 0 Å². The molecule has 0 rings (SSSR count). The van der Waals surface area contributed by atoms with Crippen LogP contribution in [0.5, 0.6) is 0 Å². The normalized spacial score (nSPS) is 13.5. The third-order valence-corrected chi connectivity index (χ3v) is 1.87. The number of ether oxygens (including phenoxy) is 1. The maximum Gasteiger partial charge on any atom is 0.261 e. The van der Waals surface area contributed by atoms with Crippen LogP contribution < -0.4 is 5.32 Å². The summed E-state index contributed by atoms with van der Waals surface area (Å²) in [6, 6.07) is 0. The average Bonchev–Trinajstić information content (AvgIpc) is 2.14. The van der Waals surface area contributed by atoms with Crippen LogP contribution in [0.4, 0.5) is 8.78 Å². The Bertz CT molecular complexity index is 123. The summed E-state index contributed by atoms with van der Waals surface area (Å²) < 4.78 is 28.8. The Balaban J connectivity index is 3.54. The number of hydrogen-bond donors (Lipinski definition) is 1. The molecule has 0 amide bonds. The van der Waals surface area contributed by atoms with Gasteiger partial charge in [0.15, 0.2) is 0 Å². The van der Waals surface area contributed by atoms with Gasteiger partial charge in [-0.2, -0.15) is 0 Å². The molecule has 0 spiro atoms. The topological polar surface area (TPSA) is 21.3 Å². The van der Waals surface area contributed by atoms with Crippen molar-refractivity contribution in [1.82, 2.24) is 5.32 Å². The van der Waals surface area contributed by atoms with E-state index in [4.69, 9.17) is 4.74 Å². The molecule has 1 N–H and O–H groups in total. The van der Waals surface area contributed by atoms with Crippen LogP contribution in [-0.4, -0.2) is 32.2 Å². The predicted octanol–water partition coefficient (Wildman–Crippen LogP) is 2.44. The molecule has 1 atom stereocenters. The summed E-state index contributed by atoms with van der Waals surface area (Å²) in [5.41, 5.74) is 0. The van der Waals surface area contributed by atoms with Crippen LogP contribution in [-0.2, 0) is 4.74 Å². The van der Waals surface area contributed by atoms with E-state index in [2.05, 4.69) is 12.2 Å². The highest BCUT2D eigenvalue weighted by Crippen LogP contribution is 2.03. The van der Waals surface area contributed by atoms with Crippen LogP contribution in [0.15, 0.2) is 0 Å². The van der Waals surface area contributed by atoms with Gasteiger partial charge in [-0.25, -0.2) is 8.78 Å². The van der Waals surface area contributed by atoms with Crippen molar-refractivity contribution in [2.75, 3.05) is 19.7 Å². The summed E-state index contributed by atoms with van der Waals surface area (Å²) in [5.74, 6) is 0. The summed E-state index contributed by atoms with van der Waals surface area (Å²) >= 11 is 0. The Morgan fingerprint density at radius 3 is 2.43 bits per heavy atom. The van der Waals surface area contributed by atoms with Crippen molar-refractivity contribution in [3.63, 3.8) is 0 Å². The number of hydrogen-bond acceptors (Lipinski definition) is 2. The number of alkyl halides is 2. The van der Waals surface area contributed by atoms with Gasteiger partial charge in [0.25, 0.3) is 6.43 Å². The second-order valence-corrected chi connectivity index (χ2v) is 3.34. The fraction of sp³-hybridized carbons (Fsp3) is 1.00. The van der Waals surface area contributed by atoms with E-state index in [9.17, 15) is 8.78 Å². The van der Waals surface area contributed by atoms with E-state index in [1.165, 1.54) is 0 Å². The average molecular weight is 209 g/mol. The van der Waals surface area contributed by atoms with Gasteiger partial charge < -0.3 is 10.1 Å². The van der Waals surface area contributed by atoms with E-state index < -0.39 is 13.0 Å². The minimum atomic E-state index is -2.36. The van der Waals surface area contributed by atoms with Gasteiger partial charge in [-0.05, 0) is 19.4 Å². The highest BCUT2D eigenvalue weighted by Gasteiger charge is 2.10. The van der Waals surface area contributed by atoms with E-state index >= 15 is 0 Å². The molecule has 0 bridgehead atoms. The molecule has 0 aromatic rings. The summed E-state index contributed by atoms with van der Waals surface area (Å²) in [7, 11) is 0. The van der Waals surface area contributed by atoms with Crippen molar-refractivity contribution in [2.45, 2.75) is 45.6 Å². The van der Waals surface area contributed by atoms with Crippen molar-refractivity contribution in [1.29, 1.82) is 0 Å². The molecular weight excluding hydrogens is 188 g/mol. The van der Waals surface area contributed by atoms with Crippen molar-refractivity contribution in [3.8, 4) is 0 Å². The fourth-order valence-corrected chi connectivity index (χ4v) is 1.21. The Morgan fingerprint density at radius 2 is 1.93 bits per heavy atom. The maximum absolute atomic E-state index is 11.9. The first-order valence-electron chi connectivity index (χ1n) is 5.31. The highest BCUT2D eigenvalue weighted by molar-refractivity contribution is 4.61. The maximum atomic E-state index is 11.9. The molecule has 0 radical (unpaired) electrons. The van der Waals surface area contributed by atoms with Gasteiger partial charge in [-0.1, -0.05) is 20.3 Å². The van der Waals surface area contributed by atoms with E-state index in [1.807, 2.05) is 6.92 Å². The van der Waals surface area contributed by atoms with Gasteiger partial charge in [0.05, 0.1) is 6.10 Å². The molecule has 2 nitrogen and oxygen atoms in total. The molecule has 0 saturated heterocycles. The molecule has 0 aliphatic carbocycles. The standard InChI is InChI=1S/C10H21F2NO/c1-3-5-9(7-13-6-4-2)14-8-10(11)12/h9-10,13H,3-8H2,1-2H3. The predicted molar refractivity (Wildman–Crippen MR) is 53.8 cm³/mol.